The van der Waals surface area contributed by atoms with Crippen molar-refractivity contribution in [2.75, 3.05) is 13.2 Å². The first kappa shape index (κ1) is 9.84. The van der Waals surface area contributed by atoms with Gasteiger partial charge in [-0.1, -0.05) is 36.4 Å². The largest absolute Gasteiger partial charge is 0.355 e. The van der Waals surface area contributed by atoms with Crippen LogP contribution in [0.3, 0.4) is 0 Å². The summed E-state index contributed by atoms with van der Waals surface area (Å²) in [6.07, 6.45) is 6.18. The number of hydrogen-bond acceptors (Lipinski definition) is 2. The maximum atomic E-state index is 3.74. The SMILES string of the molecule is C=CCN1C=CN(Cc2ccccc2)C1. The topological polar surface area (TPSA) is 6.48 Å². The monoisotopic (exact) mass is 200 g/mol. The van der Waals surface area contributed by atoms with Gasteiger partial charge < -0.3 is 9.80 Å². The van der Waals surface area contributed by atoms with E-state index in [0.717, 1.165) is 19.8 Å². The van der Waals surface area contributed by atoms with Crippen LogP contribution in [-0.2, 0) is 6.54 Å². The Morgan fingerprint density at radius 1 is 1.13 bits per heavy atom. The zero-order valence-corrected chi connectivity index (χ0v) is 8.84. The second kappa shape index (κ2) is 4.69. The lowest BCUT2D eigenvalue weighted by Gasteiger charge is -2.20. The van der Waals surface area contributed by atoms with Gasteiger partial charge in [0.1, 0.15) is 0 Å². The van der Waals surface area contributed by atoms with E-state index in [0.29, 0.717) is 0 Å². The van der Waals surface area contributed by atoms with Crippen molar-refractivity contribution >= 4 is 0 Å². The standard InChI is InChI=1S/C13H16N2/c1-2-8-14-9-10-15(12-14)11-13-6-4-3-5-7-13/h2-7,9-10H,1,8,11-12H2. The average Bonchev–Trinajstić information content (AvgIpc) is 2.68. The zero-order chi connectivity index (χ0) is 10.5. The van der Waals surface area contributed by atoms with E-state index in [-0.39, 0.29) is 0 Å². The molecule has 2 rings (SSSR count). The van der Waals surface area contributed by atoms with Gasteiger partial charge in [0.15, 0.2) is 0 Å². The highest BCUT2D eigenvalue weighted by Crippen LogP contribution is 2.11. The van der Waals surface area contributed by atoms with Crippen molar-refractivity contribution in [2.45, 2.75) is 6.54 Å². The Kier molecular flexibility index (Phi) is 3.08. The normalized spacial score (nSPS) is 14.7. The van der Waals surface area contributed by atoms with Crippen LogP contribution in [0.1, 0.15) is 5.56 Å². The Morgan fingerprint density at radius 2 is 1.87 bits per heavy atom. The summed E-state index contributed by atoms with van der Waals surface area (Å²) in [4.78, 5) is 4.52. The molecule has 0 radical (unpaired) electrons. The van der Waals surface area contributed by atoms with Crippen molar-refractivity contribution in [3.63, 3.8) is 0 Å². The Bertz CT molecular complexity index is 343. The predicted molar refractivity (Wildman–Crippen MR) is 62.9 cm³/mol. The van der Waals surface area contributed by atoms with Gasteiger partial charge in [0.05, 0.1) is 6.67 Å². The molecule has 0 fully saturated rings. The molecule has 78 valence electrons. The summed E-state index contributed by atoms with van der Waals surface area (Å²) in [5.74, 6) is 0. The maximum Gasteiger partial charge on any atom is 0.0900 e. The predicted octanol–water partition coefficient (Wildman–Crippen LogP) is 2.42. The van der Waals surface area contributed by atoms with E-state index in [9.17, 15) is 0 Å². The van der Waals surface area contributed by atoms with Crippen LogP contribution in [0.5, 0.6) is 0 Å². The molecule has 2 nitrogen and oxygen atoms in total. The van der Waals surface area contributed by atoms with Crippen molar-refractivity contribution < 1.29 is 0 Å². The molecule has 1 aliphatic rings. The Hall–Kier alpha value is -1.70. The first-order chi connectivity index (χ1) is 7.38. The van der Waals surface area contributed by atoms with Gasteiger partial charge in [0.2, 0.25) is 0 Å². The van der Waals surface area contributed by atoms with Crippen LogP contribution in [0.25, 0.3) is 0 Å². The fourth-order valence-electron chi connectivity index (χ4n) is 1.72. The highest BCUT2D eigenvalue weighted by molar-refractivity contribution is 5.15. The molecule has 0 N–H and O–H groups in total. The van der Waals surface area contributed by atoms with E-state index in [1.165, 1.54) is 5.56 Å². The van der Waals surface area contributed by atoms with Gasteiger partial charge in [0, 0.05) is 25.5 Å². The molecular formula is C13H16N2. The van der Waals surface area contributed by atoms with Crippen LogP contribution in [0.4, 0.5) is 0 Å². The fraction of sp³-hybridized carbons (Fsp3) is 0.231. The number of nitrogens with zero attached hydrogens (tertiary/aromatic N) is 2. The van der Waals surface area contributed by atoms with Crippen LogP contribution in [0.2, 0.25) is 0 Å². The molecule has 1 aromatic carbocycles. The van der Waals surface area contributed by atoms with E-state index in [1.807, 2.05) is 12.1 Å². The zero-order valence-electron chi connectivity index (χ0n) is 8.84. The first-order valence-corrected chi connectivity index (χ1v) is 5.20. The van der Waals surface area contributed by atoms with Crippen LogP contribution >= 0.6 is 0 Å². The van der Waals surface area contributed by atoms with Crippen molar-refractivity contribution in [3.8, 4) is 0 Å². The molecule has 0 aromatic heterocycles. The van der Waals surface area contributed by atoms with Crippen molar-refractivity contribution in [1.29, 1.82) is 0 Å². The van der Waals surface area contributed by atoms with E-state index < -0.39 is 0 Å². The molecule has 0 unspecified atom stereocenters. The lowest BCUT2D eigenvalue weighted by molar-refractivity contribution is 0.275. The molecule has 0 spiro atoms. The smallest absolute Gasteiger partial charge is 0.0900 e. The molecule has 0 saturated carbocycles. The minimum absolute atomic E-state index is 0.918. The lowest BCUT2D eigenvalue weighted by Crippen LogP contribution is -2.24. The molecule has 0 amide bonds. The van der Waals surface area contributed by atoms with Crippen molar-refractivity contribution in [2.24, 2.45) is 0 Å². The van der Waals surface area contributed by atoms with E-state index in [2.05, 4.69) is 53.0 Å². The lowest BCUT2D eigenvalue weighted by atomic mass is 10.2. The number of rotatable bonds is 4. The summed E-state index contributed by atoms with van der Waals surface area (Å²) in [5.41, 5.74) is 1.35. The van der Waals surface area contributed by atoms with Gasteiger partial charge in [-0.15, -0.1) is 6.58 Å². The molecule has 1 heterocycles. The molecule has 15 heavy (non-hydrogen) atoms. The molecule has 0 aliphatic carbocycles. The Morgan fingerprint density at radius 3 is 2.60 bits per heavy atom. The van der Waals surface area contributed by atoms with Gasteiger partial charge in [-0.25, -0.2) is 0 Å². The third-order valence-electron chi connectivity index (χ3n) is 2.44. The van der Waals surface area contributed by atoms with Gasteiger partial charge in [-0.05, 0) is 5.56 Å². The summed E-state index contributed by atoms with van der Waals surface area (Å²) in [7, 11) is 0. The van der Waals surface area contributed by atoms with Crippen LogP contribution in [-0.4, -0.2) is 23.0 Å². The van der Waals surface area contributed by atoms with Crippen molar-refractivity contribution in [1.82, 2.24) is 9.80 Å². The van der Waals surface area contributed by atoms with Gasteiger partial charge >= 0.3 is 0 Å². The molecule has 0 bridgehead atoms. The highest BCUT2D eigenvalue weighted by atomic mass is 15.3. The Labute approximate surface area is 91.1 Å². The Balaban J connectivity index is 1.88. The molecule has 1 aromatic rings. The number of hydrogen-bond donors (Lipinski definition) is 0. The highest BCUT2D eigenvalue weighted by Gasteiger charge is 2.10. The summed E-state index contributed by atoms with van der Waals surface area (Å²) in [5, 5.41) is 0. The molecular weight excluding hydrogens is 184 g/mol. The summed E-state index contributed by atoms with van der Waals surface area (Å²) < 4.78 is 0. The summed E-state index contributed by atoms with van der Waals surface area (Å²) in [6.45, 7) is 6.59. The minimum Gasteiger partial charge on any atom is -0.355 e. The fourth-order valence-corrected chi connectivity index (χ4v) is 1.72. The quantitative estimate of drug-likeness (QED) is 0.689. The van der Waals surface area contributed by atoms with Crippen LogP contribution in [0, 0.1) is 0 Å². The van der Waals surface area contributed by atoms with Crippen LogP contribution in [0.15, 0.2) is 55.4 Å². The molecule has 0 saturated heterocycles. The van der Waals surface area contributed by atoms with Gasteiger partial charge in [-0.3, -0.25) is 0 Å². The molecule has 1 aliphatic heterocycles. The van der Waals surface area contributed by atoms with Crippen LogP contribution < -0.4 is 0 Å². The maximum absolute atomic E-state index is 3.74. The van der Waals surface area contributed by atoms with Gasteiger partial charge in [-0.2, -0.15) is 0 Å². The molecule has 2 heteroatoms. The third kappa shape index (κ3) is 2.62. The van der Waals surface area contributed by atoms with Gasteiger partial charge in [0.25, 0.3) is 0 Å². The first-order valence-electron chi connectivity index (χ1n) is 5.20. The summed E-state index contributed by atoms with van der Waals surface area (Å²) >= 11 is 0. The molecule has 0 atom stereocenters. The number of benzene rings is 1. The third-order valence-corrected chi connectivity index (χ3v) is 2.44. The minimum atomic E-state index is 0.918. The van der Waals surface area contributed by atoms with E-state index in [4.69, 9.17) is 0 Å². The van der Waals surface area contributed by atoms with Crippen molar-refractivity contribution in [3.05, 3.63) is 61.0 Å². The second-order valence-electron chi connectivity index (χ2n) is 3.73. The summed E-state index contributed by atoms with van der Waals surface area (Å²) in [6, 6.07) is 10.5. The average molecular weight is 200 g/mol. The second-order valence-corrected chi connectivity index (χ2v) is 3.73. The van der Waals surface area contributed by atoms with E-state index >= 15 is 0 Å². The van der Waals surface area contributed by atoms with E-state index in [1.54, 1.807) is 0 Å².